The number of alkyl halides is 3. The third-order valence-electron chi connectivity index (χ3n) is 8.75. The Balaban J connectivity index is 1.03. The number of rotatable bonds is 10. The van der Waals surface area contributed by atoms with Crippen LogP contribution in [0.2, 0.25) is 0 Å². The molecular weight excluding hydrogens is 583 g/mol. The quantitative estimate of drug-likeness (QED) is 0.203. The molecule has 1 N–H and O–H groups in total. The van der Waals surface area contributed by atoms with E-state index in [1.54, 1.807) is 18.2 Å². The largest absolute Gasteiger partial charge is 0.573 e. The summed E-state index contributed by atoms with van der Waals surface area (Å²) in [5.74, 6) is 0.0831. The molecule has 0 atom stereocenters. The predicted octanol–water partition coefficient (Wildman–Crippen LogP) is 6.87. The Morgan fingerprint density at radius 3 is 2.52 bits per heavy atom. The minimum absolute atomic E-state index is 0.125. The zero-order valence-electron chi connectivity index (χ0n) is 23.4. The molecule has 44 heavy (non-hydrogen) atoms. The monoisotopic (exact) mass is 611 g/mol. The van der Waals surface area contributed by atoms with E-state index in [1.165, 1.54) is 30.3 Å². The molecule has 0 unspecified atom stereocenters. The number of carboxylic acids is 1. The molecule has 230 valence electrons. The van der Waals surface area contributed by atoms with E-state index in [1.807, 2.05) is 0 Å². The molecule has 13 heteroatoms. The number of carbonyl (C=O) groups is 1. The van der Waals surface area contributed by atoms with Crippen LogP contribution in [0, 0.1) is 5.41 Å². The fraction of sp³-hybridized carbons (Fsp3) is 0.419. The minimum Gasteiger partial charge on any atom is -0.478 e. The first-order valence-corrected chi connectivity index (χ1v) is 14.4. The second-order valence-electron chi connectivity index (χ2n) is 11.8. The average Bonchev–Trinajstić information content (AvgIpc) is 3.57. The Morgan fingerprint density at radius 2 is 1.82 bits per heavy atom. The fourth-order valence-electron chi connectivity index (χ4n) is 6.13. The van der Waals surface area contributed by atoms with Gasteiger partial charge in [-0.3, -0.25) is 0 Å². The molecule has 0 spiro atoms. The molecule has 4 aromatic rings. The van der Waals surface area contributed by atoms with Gasteiger partial charge < -0.3 is 28.4 Å². The Hall–Kier alpha value is -4.23. The number of benzene rings is 2. The van der Waals surface area contributed by atoms with Crippen LogP contribution >= 0.6 is 0 Å². The van der Waals surface area contributed by atoms with Gasteiger partial charge in [-0.1, -0.05) is 34.6 Å². The summed E-state index contributed by atoms with van der Waals surface area (Å²) >= 11 is 0. The van der Waals surface area contributed by atoms with Crippen LogP contribution < -0.4 is 4.74 Å². The Kier molecular flexibility index (Phi) is 6.96. The maximum atomic E-state index is 13.1. The lowest BCUT2D eigenvalue weighted by Gasteiger charge is -2.51. The number of aromatic carboxylic acids is 1. The number of hydrogen-bond acceptors (Lipinski definition) is 9. The van der Waals surface area contributed by atoms with Crippen molar-refractivity contribution in [3.8, 4) is 28.4 Å². The molecule has 4 heterocycles. The van der Waals surface area contributed by atoms with E-state index in [0.29, 0.717) is 54.7 Å². The van der Waals surface area contributed by atoms with Gasteiger partial charge in [0.25, 0.3) is 5.89 Å². The lowest BCUT2D eigenvalue weighted by molar-refractivity contribution is -0.274. The van der Waals surface area contributed by atoms with Gasteiger partial charge >= 0.3 is 12.3 Å². The van der Waals surface area contributed by atoms with Gasteiger partial charge in [0.1, 0.15) is 22.8 Å². The van der Waals surface area contributed by atoms with E-state index in [4.69, 9.17) is 18.5 Å². The summed E-state index contributed by atoms with van der Waals surface area (Å²) < 4.78 is 67.4. The van der Waals surface area contributed by atoms with Crippen LogP contribution in [0.25, 0.3) is 22.6 Å². The van der Waals surface area contributed by atoms with Gasteiger partial charge in [0.05, 0.1) is 25.4 Å². The lowest BCUT2D eigenvalue weighted by Crippen LogP contribution is -2.51. The van der Waals surface area contributed by atoms with E-state index < -0.39 is 17.9 Å². The van der Waals surface area contributed by atoms with Crippen molar-refractivity contribution in [1.29, 1.82) is 0 Å². The summed E-state index contributed by atoms with van der Waals surface area (Å²) in [6.07, 6.45) is -0.154. The number of halogens is 3. The van der Waals surface area contributed by atoms with Crippen LogP contribution in [0.4, 0.5) is 13.2 Å². The molecular formula is C31H28F3N3O7. The van der Waals surface area contributed by atoms with Crippen molar-refractivity contribution in [2.45, 2.75) is 63.0 Å². The molecule has 2 aromatic carbocycles. The smallest absolute Gasteiger partial charge is 0.478 e. The number of nitrogens with zero attached hydrogens (tertiary/aromatic N) is 3. The van der Waals surface area contributed by atoms with Crippen LogP contribution in [0.3, 0.4) is 0 Å². The molecule has 2 bridgehead atoms. The Morgan fingerprint density at radius 1 is 1.02 bits per heavy atom. The van der Waals surface area contributed by atoms with E-state index in [0.717, 1.165) is 25.7 Å². The van der Waals surface area contributed by atoms with Gasteiger partial charge in [-0.05, 0) is 62.8 Å². The predicted molar refractivity (Wildman–Crippen MR) is 145 cm³/mol. The molecule has 2 saturated heterocycles. The van der Waals surface area contributed by atoms with Gasteiger partial charge in [-0.2, -0.15) is 4.98 Å². The zero-order valence-corrected chi connectivity index (χ0v) is 23.4. The summed E-state index contributed by atoms with van der Waals surface area (Å²) in [7, 11) is 0. The molecule has 2 saturated carbocycles. The number of para-hydroxylation sites is 1. The molecule has 4 aliphatic rings. The molecule has 8 rings (SSSR count). The highest BCUT2D eigenvalue weighted by Gasteiger charge is 2.54. The first kappa shape index (κ1) is 28.5. The molecule has 2 aromatic heterocycles. The molecule has 4 fully saturated rings. The van der Waals surface area contributed by atoms with E-state index in [9.17, 15) is 23.1 Å². The first-order chi connectivity index (χ1) is 21.1. The van der Waals surface area contributed by atoms with Gasteiger partial charge in [-0.15, -0.1) is 13.2 Å². The number of hydrogen-bond donors (Lipinski definition) is 1. The van der Waals surface area contributed by atoms with Crippen molar-refractivity contribution in [3.63, 3.8) is 0 Å². The van der Waals surface area contributed by atoms with Crippen molar-refractivity contribution in [3.05, 3.63) is 71.3 Å². The van der Waals surface area contributed by atoms with Crippen LogP contribution in [0.15, 0.2) is 57.6 Å². The van der Waals surface area contributed by atoms with Crippen LogP contribution in [-0.4, -0.2) is 45.9 Å². The van der Waals surface area contributed by atoms with Gasteiger partial charge in [-0.25, -0.2) is 4.79 Å². The highest BCUT2D eigenvalue weighted by Crippen LogP contribution is 2.54. The normalized spacial score (nSPS) is 23.2. The highest BCUT2D eigenvalue weighted by atomic mass is 19.4. The Labute approximate surface area is 249 Å². The van der Waals surface area contributed by atoms with E-state index in [-0.39, 0.29) is 40.5 Å². The number of ether oxygens (including phenoxy) is 3. The maximum Gasteiger partial charge on any atom is 0.573 e. The Bertz CT molecular complexity index is 1670. The second kappa shape index (κ2) is 10.7. The lowest BCUT2D eigenvalue weighted by atomic mass is 9.66. The molecule has 0 amide bonds. The molecule has 2 aliphatic heterocycles. The summed E-state index contributed by atoms with van der Waals surface area (Å²) in [5, 5.41) is 17.5. The highest BCUT2D eigenvalue weighted by molar-refractivity contribution is 5.89. The SMILES string of the molecule is O=C(O)c1cccc(-c2noc(C34CCC(COCc5c(-c6ccccc6OC(F)(F)F)noc5C5CC5)(CC3)CO4)n2)c1. The van der Waals surface area contributed by atoms with Gasteiger partial charge in [0, 0.05) is 28.0 Å². The third-order valence-corrected chi connectivity index (χ3v) is 8.75. The summed E-state index contributed by atoms with van der Waals surface area (Å²) in [6.45, 7) is 0.920. The topological polar surface area (TPSA) is 130 Å². The maximum absolute atomic E-state index is 13.1. The van der Waals surface area contributed by atoms with Gasteiger partial charge in [0.2, 0.25) is 5.82 Å². The number of carboxylic acid groups (broad SMARTS) is 1. The van der Waals surface area contributed by atoms with Gasteiger partial charge in [0.15, 0.2) is 0 Å². The zero-order chi connectivity index (χ0) is 30.5. The van der Waals surface area contributed by atoms with Crippen molar-refractivity contribution in [2.75, 3.05) is 13.2 Å². The average molecular weight is 612 g/mol. The minimum atomic E-state index is -4.85. The van der Waals surface area contributed by atoms with Crippen molar-refractivity contribution in [2.24, 2.45) is 5.41 Å². The van der Waals surface area contributed by atoms with Crippen molar-refractivity contribution >= 4 is 5.97 Å². The van der Waals surface area contributed by atoms with E-state index >= 15 is 0 Å². The number of fused-ring (bicyclic) bond motifs is 3. The standard InChI is InChI=1S/C31H28F3N3O7/c32-31(33,34)42-23-7-2-1-6-21(23)24-22(25(43-36-24)18-8-9-18)15-40-16-29-10-12-30(13-11-29,41-17-29)28-35-26(37-44-28)19-4-3-5-20(14-19)27(38)39/h1-7,14,18H,8-13,15-17H2,(H,38,39). The van der Waals surface area contributed by atoms with Crippen molar-refractivity contribution in [1.82, 2.24) is 15.3 Å². The van der Waals surface area contributed by atoms with E-state index in [2.05, 4.69) is 20.0 Å². The fourth-order valence-corrected chi connectivity index (χ4v) is 6.13. The molecule has 0 radical (unpaired) electrons. The van der Waals surface area contributed by atoms with Crippen LogP contribution in [-0.2, 0) is 21.7 Å². The van der Waals surface area contributed by atoms with Crippen LogP contribution in [0.1, 0.15) is 72.0 Å². The molecule has 10 nitrogen and oxygen atoms in total. The summed E-state index contributed by atoms with van der Waals surface area (Å²) in [4.78, 5) is 15.9. The molecule has 2 aliphatic carbocycles. The summed E-state index contributed by atoms with van der Waals surface area (Å²) in [5.41, 5.74) is 0.813. The number of aromatic nitrogens is 3. The second-order valence-corrected chi connectivity index (χ2v) is 11.8. The van der Waals surface area contributed by atoms with Crippen LogP contribution in [0.5, 0.6) is 5.75 Å². The van der Waals surface area contributed by atoms with Crippen molar-refractivity contribution < 1.29 is 46.3 Å². The first-order valence-electron chi connectivity index (χ1n) is 14.4. The third kappa shape index (κ3) is 5.45. The summed E-state index contributed by atoms with van der Waals surface area (Å²) in [6, 6.07) is 12.2.